The van der Waals surface area contributed by atoms with E-state index in [-0.39, 0.29) is 17.9 Å². The summed E-state index contributed by atoms with van der Waals surface area (Å²) in [5.74, 6) is -1.47. The number of nitrogens with zero attached hydrogens (tertiary/aromatic N) is 2. The van der Waals surface area contributed by atoms with E-state index < -0.39 is 11.9 Å². The van der Waals surface area contributed by atoms with Crippen LogP contribution in [0.2, 0.25) is 0 Å². The summed E-state index contributed by atoms with van der Waals surface area (Å²) >= 11 is 0. The summed E-state index contributed by atoms with van der Waals surface area (Å²) in [5.41, 5.74) is 0.507. The van der Waals surface area contributed by atoms with E-state index in [4.69, 9.17) is 5.11 Å². The molecule has 0 spiro atoms. The molecule has 0 aliphatic carbocycles. The van der Waals surface area contributed by atoms with E-state index >= 15 is 0 Å². The fraction of sp³-hybridized carbons (Fsp3) is 0.0909. The summed E-state index contributed by atoms with van der Waals surface area (Å²) in [6.07, 6.45) is 1.29. The fourth-order valence-corrected chi connectivity index (χ4v) is 1.39. The zero-order valence-corrected chi connectivity index (χ0v) is 8.19. The maximum atomic E-state index is 13.4. The lowest BCUT2D eigenvalue weighted by Crippen LogP contribution is -1.98. The Hall–Kier alpha value is -1.88. The Morgan fingerprint density at radius 1 is 1.19 bits per heavy atom. The van der Waals surface area contributed by atoms with Crippen molar-refractivity contribution in [2.45, 2.75) is 6.61 Å². The summed E-state index contributed by atoms with van der Waals surface area (Å²) in [6, 6.07) is 5.43. The largest absolute Gasteiger partial charge is 0.392 e. The lowest BCUT2D eigenvalue weighted by Gasteiger charge is -2.06. The summed E-state index contributed by atoms with van der Waals surface area (Å²) in [7, 11) is 0. The van der Waals surface area contributed by atoms with Crippen molar-refractivity contribution in [1.82, 2.24) is 9.97 Å². The molecule has 0 fully saturated rings. The van der Waals surface area contributed by atoms with Crippen LogP contribution in [0.1, 0.15) is 5.56 Å². The summed E-state index contributed by atoms with van der Waals surface area (Å²) in [4.78, 5) is 7.02. The first kappa shape index (κ1) is 10.6. The van der Waals surface area contributed by atoms with Crippen molar-refractivity contribution in [3.63, 3.8) is 0 Å². The number of rotatable bonds is 2. The van der Waals surface area contributed by atoms with E-state index in [9.17, 15) is 8.78 Å². The molecule has 0 unspecified atom stereocenters. The van der Waals surface area contributed by atoms with Gasteiger partial charge >= 0.3 is 0 Å². The van der Waals surface area contributed by atoms with E-state index in [0.29, 0.717) is 5.56 Å². The molecule has 2 aromatic heterocycles. The smallest absolute Gasteiger partial charge is 0.222 e. The molecule has 2 rings (SSSR count). The monoisotopic (exact) mass is 222 g/mol. The van der Waals surface area contributed by atoms with Gasteiger partial charge in [-0.15, -0.1) is 0 Å². The second-order valence-electron chi connectivity index (χ2n) is 3.14. The second kappa shape index (κ2) is 4.32. The second-order valence-corrected chi connectivity index (χ2v) is 3.14. The zero-order valence-electron chi connectivity index (χ0n) is 8.19. The van der Waals surface area contributed by atoms with Gasteiger partial charge in [0.15, 0.2) is 0 Å². The van der Waals surface area contributed by atoms with Gasteiger partial charge in [-0.3, -0.25) is 0 Å². The molecule has 0 atom stereocenters. The zero-order chi connectivity index (χ0) is 11.5. The molecule has 0 radical (unpaired) electrons. The molecule has 0 aliphatic heterocycles. The number of pyridine rings is 2. The molecule has 82 valence electrons. The standard InChI is InChI=1S/C11H8F2N2O/c12-9-4-3-7(6-16)10(15-9)8-2-1-5-14-11(8)13/h1-5,16H,6H2. The number of aromatic nitrogens is 2. The minimum absolute atomic E-state index is 0.0750. The van der Waals surface area contributed by atoms with Crippen LogP contribution in [0.15, 0.2) is 30.5 Å². The summed E-state index contributed by atoms with van der Waals surface area (Å²) in [6.45, 7) is -0.336. The highest BCUT2D eigenvalue weighted by Gasteiger charge is 2.12. The van der Waals surface area contributed by atoms with E-state index in [0.717, 1.165) is 6.07 Å². The van der Waals surface area contributed by atoms with Gasteiger partial charge in [0.25, 0.3) is 0 Å². The minimum Gasteiger partial charge on any atom is -0.392 e. The molecule has 0 bridgehead atoms. The molecule has 0 aliphatic rings. The van der Waals surface area contributed by atoms with Gasteiger partial charge in [-0.25, -0.2) is 9.97 Å². The molecular weight excluding hydrogens is 214 g/mol. The highest BCUT2D eigenvalue weighted by molar-refractivity contribution is 5.62. The molecule has 0 saturated carbocycles. The van der Waals surface area contributed by atoms with E-state index in [1.54, 1.807) is 0 Å². The molecule has 16 heavy (non-hydrogen) atoms. The third kappa shape index (κ3) is 1.90. The molecular formula is C11H8F2N2O. The number of aliphatic hydroxyl groups excluding tert-OH is 1. The van der Waals surface area contributed by atoms with E-state index in [1.165, 1.54) is 24.4 Å². The predicted octanol–water partition coefficient (Wildman–Crippen LogP) is 1.91. The Morgan fingerprint density at radius 2 is 2.00 bits per heavy atom. The van der Waals surface area contributed by atoms with E-state index in [1.807, 2.05) is 0 Å². The van der Waals surface area contributed by atoms with Crippen LogP contribution < -0.4 is 0 Å². The first-order chi connectivity index (χ1) is 7.72. The molecule has 0 amide bonds. The summed E-state index contributed by atoms with van der Waals surface area (Å²) < 4.78 is 26.3. The van der Waals surface area contributed by atoms with Crippen molar-refractivity contribution in [1.29, 1.82) is 0 Å². The number of aliphatic hydroxyl groups is 1. The third-order valence-corrected chi connectivity index (χ3v) is 2.13. The third-order valence-electron chi connectivity index (χ3n) is 2.13. The molecule has 2 heterocycles. The van der Waals surface area contributed by atoms with Crippen molar-refractivity contribution >= 4 is 0 Å². The van der Waals surface area contributed by atoms with Crippen molar-refractivity contribution < 1.29 is 13.9 Å². The maximum Gasteiger partial charge on any atom is 0.222 e. The van der Waals surface area contributed by atoms with Crippen LogP contribution in [0.4, 0.5) is 8.78 Å². The molecule has 0 saturated heterocycles. The van der Waals surface area contributed by atoms with Gasteiger partial charge in [-0.2, -0.15) is 8.78 Å². The highest BCUT2D eigenvalue weighted by atomic mass is 19.1. The maximum absolute atomic E-state index is 13.4. The van der Waals surface area contributed by atoms with E-state index in [2.05, 4.69) is 9.97 Å². The quantitative estimate of drug-likeness (QED) is 0.789. The normalized spacial score (nSPS) is 10.4. The number of hydrogen-bond acceptors (Lipinski definition) is 3. The van der Waals surface area contributed by atoms with Gasteiger partial charge in [0, 0.05) is 11.8 Å². The van der Waals surface area contributed by atoms with Crippen molar-refractivity contribution in [2.24, 2.45) is 0 Å². The average Bonchev–Trinajstić information content (AvgIpc) is 2.29. The van der Waals surface area contributed by atoms with Crippen LogP contribution in [-0.2, 0) is 6.61 Å². The van der Waals surface area contributed by atoms with Crippen molar-refractivity contribution in [2.75, 3.05) is 0 Å². The SMILES string of the molecule is OCc1ccc(F)nc1-c1cccnc1F. The highest BCUT2D eigenvalue weighted by Crippen LogP contribution is 2.23. The predicted molar refractivity (Wildman–Crippen MR) is 53.3 cm³/mol. The molecule has 0 aromatic carbocycles. The molecule has 3 nitrogen and oxygen atoms in total. The Labute approximate surface area is 90.4 Å². The van der Waals surface area contributed by atoms with Gasteiger partial charge in [0.1, 0.15) is 0 Å². The Kier molecular flexibility index (Phi) is 2.87. The fourth-order valence-electron chi connectivity index (χ4n) is 1.39. The average molecular weight is 222 g/mol. The van der Waals surface area contributed by atoms with Gasteiger partial charge in [0.2, 0.25) is 11.9 Å². The lowest BCUT2D eigenvalue weighted by atomic mass is 10.1. The van der Waals surface area contributed by atoms with Crippen LogP contribution in [0.5, 0.6) is 0 Å². The minimum atomic E-state index is -0.740. The molecule has 1 N–H and O–H groups in total. The van der Waals surface area contributed by atoms with Gasteiger partial charge < -0.3 is 5.11 Å². The Bertz CT molecular complexity index is 517. The van der Waals surface area contributed by atoms with Crippen molar-refractivity contribution in [3.05, 3.63) is 47.9 Å². The van der Waals surface area contributed by atoms with Gasteiger partial charge in [0.05, 0.1) is 17.9 Å². The molecule has 2 aromatic rings. The van der Waals surface area contributed by atoms with Crippen LogP contribution in [-0.4, -0.2) is 15.1 Å². The first-order valence-electron chi connectivity index (χ1n) is 4.59. The lowest BCUT2D eigenvalue weighted by molar-refractivity contribution is 0.281. The number of halogens is 2. The first-order valence-corrected chi connectivity index (χ1v) is 4.59. The van der Waals surface area contributed by atoms with Gasteiger partial charge in [-0.05, 0) is 24.3 Å². The Balaban J connectivity index is 2.63. The van der Waals surface area contributed by atoms with Crippen molar-refractivity contribution in [3.8, 4) is 11.3 Å². The Morgan fingerprint density at radius 3 is 2.69 bits per heavy atom. The number of hydrogen-bond donors (Lipinski definition) is 1. The molecule has 5 heteroatoms. The van der Waals surface area contributed by atoms with Crippen LogP contribution in [0.3, 0.4) is 0 Å². The summed E-state index contributed by atoms with van der Waals surface area (Å²) in [5, 5.41) is 9.06. The van der Waals surface area contributed by atoms with Crippen LogP contribution in [0.25, 0.3) is 11.3 Å². The topological polar surface area (TPSA) is 46.0 Å². The van der Waals surface area contributed by atoms with Gasteiger partial charge in [-0.1, -0.05) is 0 Å². The van der Waals surface area contributed by atoms with Crippen LogP contribution >= 0.6 is 0 Å². The van der Waals surface area contributed by atoms with Crippen LogP contribution in [0, 0.1) is 11.9 Å².